The molecule has 1 saturated carbocycles. The summed E-state index contributed by atoms with van der Waals surface area (Å²) in [7, 11) is 0. The van der Waals surface area contributed by atoms with Gasteiger partial charge < -0.3 is 5.32 Å². The Morgan fingerprint density at radius 3 is 2.87 bits per heavy atom. The van der Waals surface area contributed by atoms with E-state index in [4.69, 9.17) is 0 Å². The van der Waals surface area contributed by atoms with E-state index in [0.717, 1.165) is 24.3 Å². The van der Waals surface area contributed by atoms with Crippen LogP contribution in [0.2, 0.25) is 0 Å². The maximum absolute atomic E-state index is 3.55. The monoisotopic (exact) mass is 201 g/mol. The minimum Gasteiger partial charge on any atom is -0.384 e. The van der Waals surface area contributed by atoms with Crippen LogP contribution in [0.4, 0.5) is 5.69 Å². The second-order valence-corrected chi connectivity index (χ2v) is 5.15. The van der Waals surface area contributed by atoms with Gasteiger partial charge in [-0.3, -0.25) is 0 Å². The second-order valence-electron chi connectivity index (χ2n) is 5.15. The third kappa shape index (κ3) is 1.45. The molecule has 0 radical (unpaired) electrons. The van der Waals surface area contributed by atoms with Crippen LogP contribution in [-0.2, 0) is 0 Å². The van der Waals surface area contributed by atoms with E-state index in [1.54, 1.807) is 5.56 Å². The smallest absolute Gasteiger partial charge is 0.0376 e. The molecule has 15 heavy (non-hydrogen) atoms. The van der Waals surface area contributed by atoms with Gasteiger partial charge in [0.1, 0.15) is 0 Å². The van der Waals surface area contributed by atoms with E-state index in [1.807, 2.05) is 0 Å². The third-order valence-electron chi connectivity index (χ3n) is 4.32. The van der Waals surface area contributed by atoms with Gasteiger partial charge in [0, 0.05) is 18.2 Å². The minimum atomic E-state index is 0.777. The Morgan fingerprint density at radius 1 is 1.20 bits per heavy atom. The number of anilines is 1. The molecule has 1 nitrogen and oxygen atoms in total. The number of rotatable bonds is 1. The van der Waals surface area contributed by atoms with Crippen molar-refractivity contribution in [2.45, 2.75) is 32.1 Å². The fraction of sp³-hybridized carbons (Fsp3) is 0.571. The first-order valence-corrected chi connectivity index (χ1v) is 6.19. The van der Waals surface area contributed by atoms with Crippen LogP contribution in [0.3, 0.4) is 0 Å². The molecule has 1 fully saturated rings. The third-order valence-corrected chi connectivity index (χ3v) is 4.32. The van der Waals surface area contributed by atoms with Crippen LogP contribution in [0.1, 0.15) is 37.7 Å². The van der Waals surface area contributed by atoms with Crippen molar-refractivity contribution in [1.82, 2.24) is 0 Å². The maximum Gasteiger partial charge on any atom is 0.0376 e. The molecule has 0 bridgehead atoms. The molecule has 1 heterocycles. The summed E-state index contributed by atoms with van der Waals surface area (Å²) in [5, 5.41) is 3.55. The van der Waals surface area contributed by atoms with Gasteiger partial charge in [-0.15, -0.1) is 0 Å². The summed E-state index contributed by atoms with van der Waals surface area (Å²) in [6.45, 7) is 3.59. The zero-order valence-corrected chi connectivity index (χ0v) is 9.37. The lowest BCUT2D eigenvalue weighted by molar-refractivity contribution is 0.361. The molecule has 3 unspecified atom stereocenters. The first kappa shape index (κ1) is 9.26. The average molecular weight is 201 g/mol. The predicted octanol–water partition coefficient (Wildman–Crippen LogP) is 3.63. The van der Waals surface area contributed by atoms with E-state index in [9.17, 15) is 0 Å². The van der Waals surface area contributed by atoms with Crippen LogP contribution in [0.15, 0.2) is 24.3 Å². The summed E-state index contributed by atoms with van der Waals surface area (Å²) < 4.78 is 0. The molecule has 1 aliphatic carbocycles. The van der Waals surface area contributed by atoms with Crippen molar-refractivity contribution in [2.75, 3.05) is 11.9 Å². The van der Waals surface area contributed by atoms with Crippen molar-refractivity contribution in [3.63, 3.8) is 0 Å². The van der Waals surface area contributed by atoms with Gasteiger partial charge in [-0.2, -0.15) is 0 Å². The summed E-state index contributed by atoms with van der Waals surface area (Å²) in [6.07, 6.45) is 4.30. The zero-order chi connectivity index (χ0) is 10.3. The molecule has 2 aliphatic rings. The van der Waals surface area contributed by atoms with Crippen molar-refractivity contribution >= 4 is 5.69 Å². The summed E-state index contributed by atoms with van der Waals surface area (Å²) >= 11 is 0. The highest BCUT2D eigenvalue weighted by Crippen LogP contribution is 2.45. The van der Waals surface area contributed by atoms with Gasteiger partial charge in [-0.05, 0) is 29.9 Å². The quantitative estimate of drug-likeness (QED) is 0.731. The highest BCUT2D eigenvalue weighted by Gasteiger charge is 2.35. The molecule has 0 aromatic heterocycles. The van der Waals surface area contributed by atoms with Gasteiger partial charge in [0.25, 0.3) is 0 Å². The van der Waals surface area contributed by atoms with Crippen LogP contribution in [0.5, 0.6) is 0 Å². The fourth-order valence-corrected chi connectivity index (χ4v) is 3.47. The largest absolute Gasteiger partial charge is 0.384 e. The lowest BCUT2D eigenvalue weighted by Gasteiger charge is -2.22. The number of benzene rings is 1. The molecule has 1 heteroatoms. The predicted molar refractivity (Wildman–Crippen MR) is 64.2 cm³/mol. The summed E-state index contributed by atoms with van der Waals surface area (Å²) in [4.78, 5) is 0. The first-order valence-electron chi connectivity index (χ1n) is 6.19. The summed E-state index contributed by atoms with van der Waals surface area (Å²) in [6, 6.07) is 8.84. The van der Waals surface area contributed by atoms with Crippen molar-refractivity contribution in [3.8, 4) is 0 Å². The van der Waals surface area contributed by atoms with E-state index in [0.29, 0.717) is 0 Å². The molecule has 3 atom stereocenters. The Balaban J connectivity index is 1.90. The summed E-state index contributed by atoms with van der Waals surface area (Å²) in [5.74, 6) is 2.61. The SMILES string of the molecule is CC1CCCC1C1CNc2ccccc21. The van der Waals surface area contributed by atoms with E-state index in [-0.39, 0.29) is 0 Å². The standard InChI is InChI=1S/C14H19N/c1-10-5-4-7-11(10)13-9-15-14-8-3-2-6-12(13)14/h2-3,6,8,10-11,13,15H,4-5,7,9H2,1H3. The fourth-order valence-electron chi connectivity index (χ4n) is 3.47. The molecule has 1 aromatic rings. The van der Waals surface area contributed by atoms with Crippen molar-refractivity contribution < 1.29 is 0 Å². The van der Waals surface area contributed by atoms with E-state index in [2.05, 4.69) is 36.5 Å². The first-order chi connectivity index (χ1) is 7.36. The number of fused-ring (bicyclic) bond motifs is 1. The van der Waals surface area contributed by atoms with Crippen LogP contribution < -0.4 is 5.32 Å². The van der Waals surface area contributed by atoms with Crippen molar-refractivity contribution in [2.24, 2.45) is 11.8 Å². The molecule has 1 aliphatic heterocycles. The van der Waals surface area contributed by atoms with Crippen molar-refractivity contribution in [1.29, 1.82) is 0 Å². The summed E-state index contributed by atoms with van der Waals surface area (Å²) in [5.41, 5.74) is 2.94. The average Bonchev–Trinajstić information content (AvgIpc) is 2.83. The highest BCUT2D eigenvalue weighted by atomic mass is 14.9. The van der Waals surface area contributed by atoms with E-state index >= 15 is 0 Å². The topological polar surface area (TPSA) is 12.0 Å². The molecular weight excluding hydrogens is 182 g/mol. The van der Waals surface area contributed by atoms with E-state index in [1.165, 1.54) is 24.9 Å². The lowest BCUT2D eigenvalue weighted by atomic mass is 9.81. The maximum atomic E-state index is 3.55. The number of nitrogens with one attached hydrogen (secondary N) is 1. The Labute approximate surface area is 91.9 Å². The Hall–Kier alpha value is -0.980. The second kappa shape index (κ2) is 3.55. The Morgan fingerprint density at radius 2 is 2.07 bits per heavy atom. The number of hydrogen-bond acceptors (Lipinski definition) is 1. The highest BCUT2D eigenvalue weighted by molar-refractivity contribution is 5.57. The van der Waals surface area contributed by atoms with Crippen molar-refractivity contribution in [3.05, 3.63) is 29.8 Å². The molecule has 0 amide bonds. The molecule has 0 saturated heterocycles. The molecule has 1 N–H and O–H groups in total. The van der Waals surface area contributed by atoms with Gasteiger partial charge in [-0.1, -0.05) is 38.0 Å². The van der Waals surface area contributed by atoms with Gasteiger partial charge in [0.15, 0.2) is 0 Å². The molecule has 80 valence electrons. The number of hydrogen-bond donors (Lipinski definition) is 1. The lowest BCUT2D eigenvalue weighted by Crippen LogP contribution is -2.17. The van der Waals surface area contributed by atoms with E-state index < -0.39 is 0 Å². The van der Waals surface area contributed by atoms with Crippen LogP contribution in [0, 0.1) is 11.8 Å². The normalized spacial score (nSPS) is 33.8. The molecule has 3 rings (SSSR count). The zero-order valence-electron chi connectivity index (χ0n) is 9.37. The Kier molecular flexibility index (Phi) is 2.19. The van der Waals surface area contributed by atoms with Crippen LogP contribution >= 0.6 is 0 Å². The molecule has 0 spiro atoms. The van der Waals surface area contributed by atoms with Crippen LogP contribution in [0.25, 0.3) is 0 Å². The molecule has 1 aromatic carbocycles. The van der Waals surface area contributed by atoms with Gasteiger partial charge in [-0.25, -0.2) is 0 Å². The molecular formula is C14H19N. The van der Waals surface area contributed by atoms with Gasteiger partial charge in [0.05, 0.1) is 0 Å². The van der Waals surface area contributed by atoms with Gasteiger partial charge in [0.2, 0.25) is 0 Å². The van der Waals surface area contributed by atoms with Crippen LogP contribution in [-0.4, -0.2) is 6.54 Å². The number of para-hydroxylation sites is 1. The Bertz CT molecular complexity index is 358. The van der Waals surface area contributed by atoms with Gasteiger partial charge >= 0.3 is 0 Å². The minimum absolute atomic E-state index is 0.777.